The molecular weight excluding hydrogens is 290 g/mol. The Kier molecular flexibility index (Phi) is 3.38. The minimum absolute atomic E-state index is 1.29. The Labute approximate surface area is 143 Å². The number of aromatic nitrogens is 1. The van der Waals surface area contributed by atoms with Crippen molar-refractivity contribution in [2.24, 2.45) is 7.05 Å². The number of rotatable bonds is 1. The van der Waals surface area contributed by atoms with Crippen LogP contribution in [-0.4, -0.2) is 0 Å². The van der Waals surface area contributed by atoms with Crippen LogP contribution in [0.4, 0.5) is 0 Å². The molecule has 4 rings (SSSR count). The fraction of sp³-hybridized carbons (Fsp3) is 0.174. The molecule has 0 aliphatic rings. The number of pyridine rings is 1. The van der Waals surface area contributed by atoms with Crippen LogP contribution in [0.15, 0.2) is 60.8 Å². The van der Waals surface area contributed by atoms with Gasteiger partial charge in [-0.25, -0.2) is 4.57 Å². The molecule has 0 saturated heterocycles. The zero-order valence-corrected chi connectivity index (χ0v) is 14.7. The minimum atomic E-state index is 1.29. The normalized spacial score (nSPS) is 11.3. The van der Waals surface area contributed by atoms with E-state index in [0.29, 0.717) is 0 Å². The van der Waals surface area contributed by atoms with Crippen molar-refractivity contribution in [3.63, 3.8) is 0 Å². The lowest BCUT2D eigenvalue weighted by Crippen LogP contribution is -2.30. The standard InChI is InChI=1S/C23H22N/c1-15-9-10-21-18(13-15)11-12-24(4)23(21)22-14-16(2)19-7-5-6-8-20(19)17(22)3/h5-14H,1-4H3/q+1. The molecule has 1 aromatic heterocycles. The summed E-state index contributed by atoms with van der Waals surface area (Å²) >= 11 is 0. The number of hydrogen-bond acceptors (Lipinski definition) is 0. The van der Waals surface area contributed by atoms with Gasteiger partial charge in [-0.1, -0.05) is 42.0 Å². The summed E-state index contributed by atoms with van der Waals surface area (Å²) in [5, 5.41) is 5.30. The van der Waals surface area contributed by atoms with Crippen molar-refractivity contribution in [3.8, 4) is 11.3 Å². The molecule has 4 aromatic rings. The summed E-state index contributed by atoms with van der Waals surface area (Å²) in [5.41, 5.74) is 6.59. The first kappa shape index (κ1) is 14.9. The number of fused-ring (bicyclic) bond motifs is 2. The summed E-state index contributed by atoms with van der Waals surface area (Å²) in [4.78, 5) is 0. The molecule has 0 aliphatic carbocycles. The molecule has 1 nitrogen and oxygen atoms in total. The van der Waals surface area contributed by atoms with E-state index in [-0.39, 0.29) is 0 Å². The van der Waals surface area contributed by atoms with Crippen LogP contribution >= 0.6 is 0 Å². The first-order valence-corrected chi connectivity index (χ1v) is 8.44. The highest BCUT2D eigenvalue weighted by Gasteiger charge is 2.19. The summed E-state index contributed by atoms with van der Waals surface area (Å²) in [7, 11) is 2.14. The van der Waals surface area contributed by atoms with Crippen LogP contribution in [0.3, 0.4) is 0 Å². The Hall–Kier alpha value is -2.67. The Bertz CT molecular complexity index is 1090. The van der Waals surface area contributed by atoms with E-state index >= 15 is 0 Å². The lowest BCUT2D eigenvalue weighted by molar-refractivity contribution is -0.659. The van der Waals surface area contributed by atoms with Gasteiger partial charge in [0.1, 0.15) is 7.05 Å². The summed E-state index contributed by atoms with van der Waals surface area (Å²) in [5.74, 6) is 0. The first-order valence-electron chi connectivity index (χ1n) is 8.44. The predicted molar refractivity (Wildman–Crippen MR) is 102 cm³/mol. The smallest absolute Gasteiger partial charge is 0.200 e. The predicted octanol–water partition coefficient (Wildman–Crippen LogP) is 5.41. The van der Waals surface area contributed by atoms with E-state index in [2.05, 4.69) is 93.2 Å². The zero-order valence-electron chi connectivity index (χ0n) is 14.7. The molecule has 118 valence electrons. The van der Waals surface area contributed by atoms with Crippen molar-refractivity contribution < 1.29 is 4.57 Å². The molecular formula is C23H22N+. The lowest BCUT2D eigenvalue weighted by Gasteiger charge is -2.13. The Balaban J connectivity index is 2.14. The zero-order chi connectivity index (χ0) is 16.8. The van der Waals surface area contributed by atoms with Crippen molar-refractivity contribution in [3.05, 3.63) is 77.5 Å². The summed E-state index contributed by atoms with van der Waals surface area (Å²) in [6.07, 6.45) is 2.17. The van der Waals surface area contributed by atoms with Crippen LogP contribution in [0.25, 0.3) is 32.8 Å². The van der Waals surface area contributed by atoms with Gasteiger partial charge >= 0.3 is 0 Å². The summed E-state index contributed by atoms with van der Waals surface area (Å²) in [6.45, 7) is 6.60. The summed E-state index contributed by atoms with van der Waals surface area (Å²) in [6, 6.07) is 20.0. The van der Waals surface area contributed by atoms with E-state index in [1.54, 1.807) is 0 Å². The fourth-order valence-electron chi connectivity index (χ4n) is 3.77. The van der Waals surface area contributed by atoms with E-state index in [0.717, 1.165) is 0 Å². The van der Waals surface area contributed by atoms with E-state index in [1.807, 2.05) is 0 Å². The van der Waals surface area contributed by atoms with Gasteiger partial charge in [0.25, 0.3) is 0 Å². The second-order valence-corrected chi connectivity index (χ2v) is 6.78. The molecule has 0 atom stereocenters. The van der Waals surface area contributed by atoms with Crippen LogP contribution in [0, 0.1) is 20.8 Å². The van der Waals surface area contributed by atoms with Gasteiger partial charge in [0.05, 0.1) is 10.9 Å². The molecule has 0 unspecified atom stereocenters. The second kappa shape index (κ2) is 5.45. The Morgan fingerprint density at radius 2 is 1.50 bits per heavy atom. The van der Waals surface area contributed by atoms with Crippen molar-refractivity contribution in [1.82, 2.24) is 0 Å². The highest BCUT2D eigenvalue weighted by molar-refractivity contribution is 5.99. The maximum Gasteiger partial charge on any atom is 0.220 e. The van der Waals surface area contributed by atoms with Crippen LogP contribution in [0.1, 0.15) is 16.7 Å². The quantitative estimate of drug-likeness (QED) is 0.414. The van der Waals surface area contributed by atoms with Gasteiger partial charge in [0, 0.05) is 6.07 Å². The maximum atomic E-state index is 2.34. The SMILES string of the molecule is Cc1ccc2c(-c3cc(C)c4ccccc4c3C)[n+](C)ccc2c1. The molecule has 0 spiro atoms. The van der Waals surface area contributed by atoms with Gasteiger partial charge in [0.15, 0.2) is 6.20 Å². The summed E-state index contributed by atoms with van der Waals surface area (Å²) < 4.78 is 2.24. The molecule has 0 fully saturated rings. The molecule has 0 N–H and O–H groups in total. The average molecular weight is 312 g/mol. The van der Waals surface area contributed by atoms with Gasteiger partial charge in [-0.05, 0) is 60.2 Å². The van der Waals surface area contributed by atoms with Gasteiger partial charge < -0.3 is 0 Å². The van der Waals surface area contributed by atoms with Crippen LogP contribution in [0.5, 0.6) is 0 Å². The van der Waals surface area contributed by atoms with E-state index < -0.39 is 0 Å². The third kappa shape index (κ3) is 2.20. The maximum absolute atomic E-state index is 2.34. The largest absolute Gasteiger partial charge is 0.220 e. The molecule has 3 aromatic carbocycles. The van der Waals surface area contributed by atoms with Crippen molar-refractivity contribution in [2.45, 2.75) is 20.8 Å². The molecule has 0 amide bonds. The average Bonchev–Trinajstić information content (AvgIpc) is 2.59. The molecule has 24 heavy (non-hydrogen) atoms. The Morgan fingerprint density at radius 1 is 0.750 bits per heavy atom. The first-order chi connectivity index (χ1) is 11.6. The molecule has 0 bridgehead atoms. The third-order valence-electron chi connectivity index (χ3n) is 5.07. The molecule has 1 heteroatoms. The van der Waals surface area contributed by atoms with E-state index in [1.165, 1.54) is 49.5 Å². The van der Waals surface area contributed by atoms with Gasteiger partial charge in [-0.2, -0.15) is 0 Å². The van der Waals surface area contributed by atoms with Crippen LogP contribution in [-0.2, 0) is 7.05 Å². The number of hydrogen-bond donors (Lipinski definition) is 0. The number of nitrogens with zero attached hydrogens (tertiary/aromatic N) is 1. The highest BCUT2D eigenvalue weighted by Crippen LogP contribution is 2.34. The Morgan fingerprint density at radius 3 is 2.29 bits per heavy atom. The van der Waals surface area contributed by atoms with Crippen LogP contribution < -0.4 is 4.57 Å². The monoisotopic (exact) mass is 312 g/mol. The van der Waals surface area contributed by atoms with Gasteiger partial charge in [-0.3, -0.25) is 0 Å². The fourth-order valence-corrected chi connectivity index (χ4v) is 3.77. The molecule has 0 aliphatic heterocycles. The van der Waals surface area contributed by atoms with Crippen molar-refractivity contribution in [2.75, 3.05) is 0 Å². The van der Waals surface area contributed by atoms with Crippen molar-refractivity contribution in [1.29, 1.82) is 0 Å². The highest BCUT2D eigenvalue weighted by atomic mass is 14.9. The molecule has 1 heterocycles. The second-order valence-electron chi connectivity index (χ2n) is 6.78. The molecule has 0 saturated carbocycles. The number of aryl methyl sites for hydroxylation is 4. The lowest BCUT2D eigenvalue weighted by atomic mass is 9.92. The van der Waals surface area contributed by atoms with E-state index in [9.17, 15) is 0 Å². The van der Waals surface area contributed by atoms with Crippen molar-refractivity contribution >= 4 is 21.5 Å². The van der Waals surface area contributed by atoms with Crippen LogP contribution in [0.2, 0.25) is 0 Å². The van der Waals surface area contributed by atoms with Gasteiger partial charge in [-0.15, -0.1) is 0 Å². The number of benzene rings is 3. The third-order valence-corrected chi connectivity index (χ3v) is 5.07. The molecule has 0 radical (unpaired) electrons. The van der Waals surface area contributed by atoms with E-state index in [4.69, 9.17) is 0 Å². The minimum Gasteiger partial charge on any atom is -0.200 e. The van der Waals surface area contributed by atoms with Gasteiger partial charge in [0.2, 0.25) is 5.69 Å². The topological polar surface area (TPSA) is 3.88 Å².